The zero-order valence-corrected chi connectivity index (χ0v) is 15.4. The first-order valence-electron chi connectivity index (χ1n) is 9.27. The van der Waals surface area contributed by atoms with Gasteiger partial charge >= 0.3 is 0 Å². The Hall–Kier alpha value is -3.48. The summed E-state index contributed by atoms with van der Waals surface area (Å²) in [5.74, 6) is -0.476. The molecule has 1 fully saturated rings. The van der Waals surface area contributed by atoms with Crippen molar-refractivity contribution >= 4 is 17.5 Å². The molecular weight excluding hydrogens is 354 g/mol. The van der Waals surface area contributed by atoms with Crippen LogP contribution in [0.4, 0.5) is 5.69 Å². The SMILES string of the molecule is O=C(Nc1ccccc1-n1cncn1)C1CC(=O)N(CCc2ccccc2)C1. The van der Waals surface area contributed by atoms with Crippen LogP contribution >= 0.6 is 0 Å². The standard InChI is InChI=1S/C21H21N5O2/c27-20-12-17(13-25(20)11-10-16-6-2-1-3-7-16)21(28)24-18-8-4-5-9-19(18)26-15-22-14-23-26/h1-9,14-15,17H,10-13H2,(H,24,28). The molecule has 1 aliphatic heterocycles. The highest BCUT2D eigenvalue weighted by atomic mass is 16.2. The number of hydrogen-bond acceptors (Lipinski definition) is 4. The number of para-hydroxylation sites is 2. The third-order valence-electron chi connectivity index (χ3n) is 4.93. The molecule has 1 atom stereocenters. The molecule has 7 nitrogen and oxygen atoms in total. The third-order valence-corrected chi connectivity index (χ3v) is 4.93. The summed E-state index contributed by atoms with van der Waals surface area (Å²) in [7, 11) is 0. The number of nitrogens with zero attached hydrogens (tertiary/aromatic N) is 4. The number of aromatic nitrogens is 3. The summed E-state index contributed by atoms with van der Waals surface area (Å²) in [6, 6.07) is 17.4. The zero-order valence-electron chi connectivity index (χ0n) is 15.4. The van der Waals surface area contributed by atoms with E-state index in [2.05, 4.69) is 15.4 Å². The topological polar surface area (TPSA) is 80.1 Å². The Kier molecular flexibility index (Phi) is 5.14. The lowest BCUT2D eigenvalue weighted by Crippen LogP contribution is -2.30. The van der Waals surface area contributed by atoms with E-state index < -0.39 is 0 Å². The van der Waals surface area contributed by atoms with Crippen LogP contribution < -0.4 is 5.32 Å². The minimum atomic E-state index is -0.355. The molecule has 0 spiro atoms. The van der Waals surface area contributed by atoms with Crippen molar-refractivity contribution in [1.29, 1.82) is 0 Å². The molecule has 7 heteroatoms. The van der Waals surface area contributed by atoms with E-state index in [1.165, 1.54) is 11.9 Å². The normalized spacial score (nSPS) is 16.4. The average Bonchev–Trinajstić information content (AvgIpc) is 3.38. The van der Waals surface area contributed by atoms with Crippen LogP contribution in [0.5, 0.6) is 0 Å². The van der Waals surface area contributed by atoms with E-state index in [9.17, 15) is 9.59 Å². The van der Waals surface area contributed by atoms with Gasteiger partial charge in [-0.25, -0.2) is 9.67 Å². The molecule has 0 radical (unpaired) electrons. The van der Waals surface area contributed by atoms with E-state index in [0.717, 1.165) is 12.1 Å². The fourth-order valence-electron chi connectivity index (χ4n) is 3.42. The average molecular weight is 375 g/mol. The number of benzene rings is 2. The number of carbonyl (C=O) groups excluding carboxylic acids is 2. The second-order valence-corrected chi connectivity index (χ2v) is 6.82. The first kappa shape index (κ1) is 17.9. The predicted molar refractivity (Wildman–Crippen MR) is 105 cm³/mol. The van der Waals surface area contributed by atoms with Crippen molar-refractivity contribution in [3.63, 3.8) is 0 Å². The van der Waals surface area contributed by atoms with Gasteiger partial charge in [-0.05, 0) is 24.1 Å². The maximum Gasteiger partial charge on any atom is 0.229 e. The van der Waals surface area contributed by atoms with Crippen molar-refractivity contribution in [2.24, 2.45) is 5.92 Å². The molecule has 28 heavy (non-hydrogen) atoms. The van der Waals surface area contributed by atoms with Gasteiger partial charge in [-0.2, -0.15) is 5.10 Å². The van der Waals surface area contributed by atoms with Gasteiger partial charge in [0, 0.05) is 19.5 Å². The molecule has 0 aliphatic carbocycles. The van der Waals surface area contributed by atoms with Gasteiger partial charge in [0.05, 0.1) is 17.3 Å². The number of amides is 2. The second kappa shape index (κ2) is 8.04. The molecule has 3 aromatic rings. The molecule has 4 rings (SSSR count). The summed E-state index contributed by atoms with van der Waals surface area (Å²) in [6.45, 7) is 1.07. The lowest BCUT2D eigenvalue weighted by molar-refractivity contribution is -0.128. The Morgan fingerprint density at radius 3 is 2.68 bits per heavy atom. The fraction of sp³-hybridized carbons (Fsp3) is 0.238. The van der Waals surface area contributed by atoms with Crippen LogP contribution in [-0.2, 0) is 16.0 Å². The van der Waals surface area contributed by atoms with Gasteiger partial charge < -0.3 is 10.2 Å². The maximum absolute atomic E-state index is 12.8. The quantitative estimate of drug-likeness (QED) is 0.717. The molecule has 2 heterocycles. The van der Waals surface area contributed by atoms with Crippen LogP contribution in [0.15, 0.2) is 67.3 Å². The number of likely N-dealkylation sites (tertiary alicyclic amines) is 1. The molecular formula is C21H21N5O2. The summed E-state index contributed by atoms with van der Waals surface area (Å²) >= 11 is 0. The fourth-order valence-corrected chi connectivity index (χ4v) is 3.42. The number of rotatable bonds is 6. The van der Waals surface area contributed by atoms with Crippen LogP contribution in [0.1, 0.15) is 12.0 Å². The van der Waals surface area contributed by atoms with Gasteiger partial charge in [-0.1, -0.05) is 42.5 Å². The summed E-state index contributed by atoms with van der Waals surface area (Å²) in [5.41, 5.74) is 2.57. The van der Waals surface area contributed by atoms with Crippen molar-refractivity contribution in [3.8, 4) is 5.69 Å². The lowest BCUT2D eigenvalue weighted by Gasteiger charge is -2.17. The van der Waals surface area contributed by atoms with Crippen molar-refractivity contribution < 1.29 is 9.59 Å². The Morgan fingerprint density at radius 1 is 1.11 bits per heavy atom. The van der Waals surface area contributed by atoms with Crippen molar-refractivity contribution in [1.82, 2.24) is 19.7 Å². The van der Waals surface area contributed by atoms with Crippen LogP contribution in [0.2, 0.25) is 0 Å². The highest BCUT2D eigenvalue weighted by Crippen LogP contribution is 2.23. The lowest BCUT2D eigenvalue weighted by atomic mass is 10.1. The number of carbonyl (C=O) groups is 2. The Labute approximate surface area is 163 Å². The Morgan fingerprint density at radius 2 is 1.89 bits per heavy atom. The van der Waals surface area contributed by atoms with Crippen LogP contribution in [-0.4, -0.2) is 44.6 Å². The molecule has 1 unspecified atom stereocenters. The van der Waals surface area contributed by atoms with Gasteiger partial charge in [0.15, 0.2) is 0 Å². The molecule has 1 N–H and O–H groups in total. The molecule has 1 aliphatic rings. The third kappa shape index (κ3) is 3.93. The molecule has 1 saturated heterocycles. The van der Waals surface area contributed by atoms with Crippen LogP contribution in [0.3, 0.4) is 0 Å². The molecule has 0 bridgehead atoms. The highest BCUT2D eigenvalue weighted by molar-refractivity contribution is 5.98. The van der Waals surface area contributed by atoms with E-state index in [4.69, 9.17) is 0 Å². The monoisotopic (exact) mass is 375 g/mol. The van der Waals surface area contributed by atoms with E-state index in [1.807, 2.05) is 54.6 Å². The van der Waals surface area contributed by atoms with Gasteiger partial charge in [-0.15, -0.1) is 0 Å². The first-order valence-corrected chi connectivity index (χ1v) is 9.27. The van der Waals surface area contributed by atoms with E-state index >= 15 is 0 Å². The first-order chi connectivity index (χ1) is 13.7. The summed E-state index contributed by atoms with van der Waals surface area (Å²) in [4.78, 5) is 30.8. The minimum absolute atomic E-state index is 0.0284. The Bertz CT molecular complexity index is 956. The van der Waals surface area contributed by atoms with Gasteiger partial charge in [0.25, 0.3) is 0 Å². The van der Waals surface area contributed by atoms with Crippen LogP contribution in [0, 0.1) is 5.92 Å². The molecule has 0 saturated carbocycles. The predicted octanol–water partition coefficient (Wildman–Crippen LogP) is 2.30. The van der Waals surface area contributed by atoms with Gasteiger partial charge in [0.2, 0.25) is 11.8 Å². The summed E-state index contributed by atoms with van der Waals surface area (Å²) < 4.78 is 1.60. The van der Waals surface area contributed by atoms with E-state index in [0.29, 0.717) is 18.8 Å². The largest absolute Gasteiger partial charge is 0.342 e. The molecule has 2 aromatic carbocycles. The van der Waals surface area contributed by atoms with Gasteiger partial charge in [-0.3, -0.25) is 9.59 Å². The smallest absolute Gasteiger partial charge is 0.229 e. The number of anilines is 1. The molecule has 1 aromatic heterocycles. The second-order valence-electron chi connectivity index (χ2n) is 6.82. The van der Waals surface area contributed by atoms with Crippen molar-refractivity contribution in [2.45, 2.75) is 12.8 Å². The van der Waals surface area contributed by atoms with Crippen LogP contribution in [0.25, 0.3) is 5.69 Å². The summed E-state index contributed by atoms with van der Waals surface area (Å²) in [5, 5.41) is 7.07. The Balaban J connectivity index is 1.39. The summed E-state index contributed by atoms with van der Waals surface area (Å²) in [6.07, 6.45) is 4.05. The number of nitrogens with one attached hydrogen (secondary N) is 1. The van der Waals surface area contributed by atoms with E-state index in [-0.39, 0.29) is 24.2 Å². The minimum Gasteiger partial charge on any atom is -0.342 e. The highest BCUT2D eigenvalue weighted by Gasteiger charge is 2.34. The van der Waals surface area contributed by atoms with Crippen molar-refractivity contribution in [2.75, 3.05) is 18.4 Å². The van der Waals surface area contributed by atoms with Crippen molar-refractivity contribution in [3.05, 3.63) is 72.8 Å². The van der Waals surface area contributed by atoms with Gasteiger partial charge in [0.1, 0.15) is 12.7 Å². The zero-order chi connectivity index (χ0) is 19.3. The number of hydrogen-bond donors (Lipinski definition) is 1. The maximum atomic E-state index is 12.8. The molecule has 142 valence electrons. The van der Waals surface area contributed by atoms with E-state index in [1.54, 1.807) is 15.9 Å². The molecule has 2 amide bonds.